The quantitative estimate of drug-likeness (QED) is 0.866. The third kappa shape index (κ3) is 1.98. The maximum atomic E-state index is 10.7. The van der Waals surface area contributed by atoms with Gasteiger partial charge in [-0.25, -0.2) is 14.8 Å². The standard InChI is InChI=1S/C9H7N3O3S/c1-15-7-4-6(16-12-7)8-10-3-2-5(11-8)9(13)14/h2-4H,1H3,(H,13,14). The Morgan fingerprint density at radius 2 is 2.38 bits per heavy atom. The van der Waals surface area contributed by atoms with Crippen LogP contribution < -0.4 is 4.74 Å². The molecule has 7 heteroatoms. The van der Waals surface area contributed by atoms with Crippen molar-refractivity contribution in [1.82, 2.24) is 14.3 Å². The number of aromatic carboxylic acids is 1. The first kappa shape index (κ1) is 10.5. The fourth-order valence-corrected chi connectivity index (χ4v) is 1.71. The topological polar surface area (TPSA) is 85.2 Å². The summed E-state index contributed by atoms with van der Waals surface area (Å²) >= 11 is 1.15. The molecule has 0 saturated heterocycles. The molecule has 2 rings (SSSR count). The highest BCUT2D eigenvalue weighted by atomic mass is 32.1. The number of hydrogen-bond donors (Lipinski definition) is 1. The number of aromatic nitrogens is 3. The molecule has 0 spiro atoms. The van der Waals surface area contributed by atoms with Crippen LogP contribution in [0.1, 0.15) is 10.5 Å². The number of rotatable bonds is 3. The Morgan fingerprint density at radius 1 is 1.56 bits per heavy atom. The molecule has 0 aromatic carbocycles. The second-order valence-electron chi connectivity index (χ2n) is 2.80. The molecule has 0 aliphatic heterocycles. The predicted molar refractivity (Wildman–Crippen MR) is 56.7 cm³/mol. The number of carboxylic acid groups (broad SMARTS) is 1. The molecule has 0 saturated carbocycles. The molecule has 2 aromatic heterocycles. The van der Waals surface area contributed by atoms with Crippen LogP contribution in [0.3, 0.4) is 0 Å². The van der Waals surface area contributed by atoms with E-state index in [2.05, 4.69) is 14.3 Å². The van der Waals surface area contributed by atoms with Gasteiger partial charge in [-0.3, -0.25) is 0 Å². The van der Waals surface area contributed by atoms with Gasteiger partial charge in [0, 0.05) is 12.3 Å². The van der Waals surface area contributed by atoms with E-state index < -0.39 is 5.97 Å². The van der Waals surface area contributed by atoms with Gasteiger partial charge in [0.2, 0.25) is 5.88 Å². The van der Waals surface area contributed by atoms with Crippen LogP contribution in [0, 0.1) is 0 Å². The van der Waals surface area contributed by atoms with Crippen molar-refractivity contribution < 1.29 is 14.6 Å². The van der Waals surface area contributed by atoms with Gasteiger partial charge in [-0.1, -0.05) is 0 Å². The minimum atomic E-state index is -1.08. The summed E-state index contributed by atoms with van der Waals surface area (Å²) in [5.74, 6) is -0.287. The molecule has 82 valence electrons. The first-order chi connectivity index (χ1) is 7.70. The van der Waals surface area contributed by atoms with Crippen molar-refractivity contribution >= 4 is 17.5 Å². The van der Waals surface area contributed by atoms with Crippen LogP contribution in [-0.4, -0.2) is 32.5 Å². The van der Waals surface area contributed by atoms with Crippen LogP contribution in [0.2, 0.25) is 0 Å². The van der Waals surface area contributed by atoms with Crippen LogP contribution in [0.15, 0.2) is 18.3 Å². The lowest BCUT2D eigenvalue weighted by atomic mass is 10.4. The summed E-state index contributed by atoms with van der Waals surface area (Å²) in [5, 5.41) is 8.78. The summed E-state index contributed by atoms with van der Waals surface area (Å²) in [6.45, 7) is 0. The predicted octanol–water partition coefficient (Wildman–Crippen LogP) is 1.31. The maximum absolute atomic E-state index is 10.7. The fraction of sp³-hybridized carbons (Fsp3) is 0.111. The second-order valence-corrected chi connectivity index (χ2v) is 3.61. The zero-order chi connectivity index (χ0) is 11.5. The van der Waals surface area contributed by atoms with Crippen molar-refractivity contribution in [2.45, 2.75) is 0 Å². The van der Waals surface area contributed by atoms with Crippen molar-refractivity contribution in [3.8, 4) is 16.6 Å². The monoisotopic (exact) mass is 237 g/mol. The normalized spacial score (nSPS) is 10.1. The van der Waals surface area contributed by atoms with Gasteiger partial charge in [-0.05, 0) is 17.6 Å². The summed E-state index contributed by atoms with van der Waals surface area (Å²) in [6.07, 6.45) is 1.40. The zero-order valence-electron chi connectivity index (χ0n) is 8.25. The molecular formula is C9H7N3O3S. The lowest BCUT2D eigenvalue weighted by Gasteiger charge is -1.96. The Bertz CT molecular complexity index is 526. The van der Waals surface area contributed by atoms with E-state index in [9.17, 15) is 4.79 Å². The van der Waals surface area contributed by atoms with E-state index in [0.29, 0.717) is 16.6 Å². The molecule has 1 N–H and O–H groups in total. The molecule has 6 nitrogen and oxygen atoms in total. The number of carbonyl (C=O) groups is 1. The van der Waals surface area contributed by atoms with E-state index >= 15 is 0 Å². The average molecular weight is 237 g/mol. The molecule has 2 aromatic rings. The van der Waals surface area contributed by atoms with E-state index in [1.54, 1.807) is 6.07 Å². The SMILES string of the molecule is COc1cc(-c2nccc(C(=O)O)n2)sn1. The summed E-state index contributed by atoms with van der Waals surface area (Å²) < 4.78 is 8.90. The van der Waals surface area contributed by atoms with Crippen LogP contribution in [0.25, 0.3) is 10.7 Å². The Hall–Kier alpha value is -2.02. The number of carboxylic acids is 1. The highest BCUT2D eigenvalue weighted by molar-refractivity contribution is 7.09. The summed E-state index contributed by atoms with van der Waals surface area (Å²) in [5.41, 5.74) is -0.0441. The first-order valence-corrected chi connectivity index (χ1v) is 5.05. The fourth-order valence-electron chi connectivity index (χ4n) is 1.06. The molecule has 16 heavy (non-hydrogen) atoms. The molecule has 0 fully saturated rings. The van der Waals surface area contributed by atoms with E-state index in [1.807, 2.05) is 0 Å². The van der Waals surface area contributed by atoms with Crippen molar-refractivity contribution in [1.29, 1.82) is 0 Å². The molecule has 2 heterocycles. The molecule has 0 bridgehead atoms. The molecular weight excluding hydrogens is 230 g/mol. The van der Waals surface area contributed by atoms with E-state index in [0.717, 1.165) is 11.5 Å². The van der Waals surface area contributed by atoms with Crippen LogP contribution in [0.4, 0.5) is 0 Å². The third-order valence-electron chi connectivity index (χ3n) is 1.79. The van der Waals surface area contributed by atoms with Gasteiger partial charge in [0.25, 0.3) is 0 Å². The summed E-state index contributed by atoms with van der Waals surface area (Å²) in [4.78, 5) is 19.3. The number of methoxy groups -OCH3 is 1. The van der Waals surface area contributed by atoms with E-state index in [1.165, 1.54) is 19.4 Å². The zero-order valence-corrected chi connectivity index (χ0v) is 9.06. The van der Waals surface area contributed by atoms with Gasteiger partial charge >= 0.3 is 5.97 Å². The Labute approximate surface area is 94.7 Å². The van der Waals surface area contributed by atoms with E-state index in [-0.39, 0.29) is 5.69 Å². The van der Waals surface area contributed by atoms with Crippen molar-refractivity contribution in [2.75, 3.05) is 7.11 Å². The molecule has 0 atom stereocenters. The lowest BCUT2D eigenvalue weighted by molar-refractivity contribution is 0.0690. The van der Waals surface area contributed by atoms with Crippen molar-refractivity contribution in [3.63, 3.8) is 0 Å². The van der Waals surface area contributed by atoms with Gasteiger partial charge in [-0.15, -0.1) is 0 Å². The largest absolute Gasteiger partial charge is 0.480 e. The van der Waals surface area contributed by atoms with Gasteiger partial charge in [0.05, 0.1) is 12.0 Å². The van der Waals surface area contributed by atoms with Gasteiger partial charge in [0.15, 0.2) is 11.5 Å². The Kier molecular flexibility index (Phi) is 2.78. The van der Waals surface area contributed by atoms with Gasteiger partial charge in [0.1, 0.15) is 0 Å². The number of hydrogen-bond acceptors (Lipinski definition) is 6. The minimum Gasteiger partial charge on any atom is -0.480 e. The lowest BCUT2D eigenvalue weighted by Crippen LogP contribution is -2.01. The number of ether oxygens (including phenoxy) is 1. The summed E-state index contributed by atoms with van der Waals surface area (Å²) in [7, 11) is 1.51. The van der Waals surface area contributed by atoms with Gasteiger partial charge in [-0.2, -0.15) is 4.37 Å². The highest BCUT2D eigenvalue weighted by Crippen LogP contribution is 2.24. The van der Waals surface area contributed by atoms with Crippen LogP contribution in [-0.2, 0) is 0 Å². The second kappa shape index (κ2) is 4.23. The summed E-state index contributed by atoms with van der Waals surface area (Å²) in [6, 6.07) is 3.00. The van der Waals surface area contributed by atoms with Crippen LogP contribution in [0.5, 0.6) is 5.88 Å². The Balaban J connectivity index is 2.40. The maximum Gasteiger partial charge on any atom is 0.354 e. The molecule has 0 aliphatic carbocycles. The molecule has 0 amide bonds. The molecule has 0 radical (unpaired) electrons. The molecule has 0 aliphatic rings. The minimum absolute atomic E-state index is 0.0441. The first-order valence-electron chi connectivity index (χ1n) is 4.28. The third-order valence-corrected chi connectivity index (χ3v) is 2.56. The van der Waals surface area contributed by atoms with E-state index in [4.69, 9.17) is 9.84 Å². The van der Waals surface area contributed by atoms with Gasteiger partial charge < -0.3 is 9.84 Å². The molecule has 0 unspecified atom stereocenters. The average Bonchev–Trinajstić information content (AvgIpc) is 2.77. The van der Waals surface area contributed by atoms with Crippen molar-refractivity contribution in [2.24, 2.45) is 0 Å². The Morgan fingerprint density at radius 3 is 3.00 bits per heavy atom. The van der Waals surface area contributed by atoms with Crippen LogP contribution >= 0.6 is 11.5 Å². The van der Waals surface area contributed by atoms with Crippen molar-refractivity contribution in [3.05, 3.63) is 24.0 Å². The smallest absolute Gasteiger partial charge is 0.354 e. The highest BCUT2D eigenvalue weighted by Gasteiger charge is 2.10. The number of nitrogens with zero attached hydrogens (tertiary/aromatic N) is 3.